The van der Waals surface area contributed by atoms with Crippen molar-refractivity contribution in [3.8, 4) is 11.5 Å². The van der Waals surface area contributed by atoms with Crippen molar-refractivity contribution in [2.24, 2.45) is 0 Å². The van der Waals surface area contributed by atoms with Gasteiger partial charge in [0.05, 0.1) is 25.0 Å². The number of sulfonamides is 1. The van der Waals surface area contributed by atoms with Crippen LogP contribution >= 0.6 is 0 Å². The first-order chi connectivity index (χ1) is 15.0. The molecular formula is C21H23F3N2O5S. The SMILES string of the molecule is CCCOc1ccc(C(F)(F)F)cc1NC(=O)c1ccc(OC)c(S(=O)(=O)NC2CC2)c1. The van der Waals surface area contributed by atoms with Crippen LogP contribution in [0, 0.1) is 0 Å². The van der Waals surface area contributed by atoms with Crippen LogP contribution in [-0.2, 0) is 16.2 Å². The van der Waals surface area contributed by atoms with E-state index in [0.29, 0.717) is 6.42 Å². The van der Waals surface area contributed by atoms with E-state index >= 15 is 0 Å². The lowest BCUT2D eigenvalue weighted by Crippen LogP contribution is -2.26. The maximum atomic E-state index is 13.1. The number of hydrogen-bond acceptors (Lipinski definition) is 5. The Bertz CT molecular complexity index is 1100. The summed E-state index contributed by atoms with van der Waals surface area (Å²) in [5.41, 5.74) is -1.20. The Kier molecular flexibility index (Phi) is 6.99. The number of anilines is 1. The minimum atomic E-state index is -4.61. The van der Waals surface area contributed by atoms with Crippen LogP contribution in [0.2, 0.25) is 0 Å². The summed E-state index contributed by atoms with van der Waals surface area (Å²) in [6.07, 6.45) is -2.56. The van der Waals surface area contributed by atoms with Gasteiger partial charge in [-0.3, -0.25) is 4.79 Å². The Morgan fingerprint density at radius 1 is 1.12 bits per heavy atom. The molecule has 1 aliphatic rings. The summed E-state index contributed by atoms with van der Waals surface area (Å²) < 4.78 is 77.8. The number of benzene rings is 2. The number of carbonyl (C=O) groups is 1. The van der Waals surface area contributed by atoms with Gasteiger partial charge in [-0.15, -0.1) is 0 Å². The lowest BCUT2D eigenvalue weighted by atomic mass is 10.1. The molecule has 2 aromatic rings. The Morgan fingerprint density at radius 2 is 1.81 bits per heavy atom. The summed E-state index contributed by atoms with van der Waals surface area (Å²) in [4.78, 5) is 12.6. The third-order valence-corrected chi connectivity index (χ3v) is 6.17. The quantitative estimate of drug-likeness (QED) is 0.571. The summed E-state index contributed by atoms with van der Waals surface area (Å²) in [5.74, 6) is -0.679. The van der Waals surface area contributed by atoms with E-state index in [-0.39, 0.29) is 40.3 Å². The molecule has 2 N–H and O–H groups in total. The van der Waals surface area contributed by atoms with Gasteiger partial charge in [0.1, 0.15) is 16.4 Å². The molecule has 0 aromatic heterocycles. The Hall–Kier alpha value is -2.79. The third-order valence-electron chi connectivity index (χ3n) is 4.63. The summed E-state index contributed by atoms with van der Waals surface area (Å²) in [5, 5.41) is 2.40. The Labute approximate surface area is 184 Å². The fourth-order valence-corrected chi connectivity index (χ4v) is 4.35. The van der Waals surface area contributed by atoms with Crippen LogP contribution in [0.3, 0.4) is 0 Å². The predicted octanol–water partition coefficient (Wildman–Crippen LogP) is 4.20. The topological polar surface area (TPSA) is 93.7 Å². The largest absolute Gasteiger partial charge is 0.495 e. The molecule has 3 rings (SSSR count). The van der Waals surface area contributed by atoms with E-state index in [9.17, 15) is 26.4 Å². The lowest BCUT2D eigenvalue weighted by molar-refractivity contribution is -0.137. The molecule has 0 aliphatic heterocycles. The number of halogens is 3. The molecule has 0 radical (unpaired) electrons. The molecule has 0 bridgehead atoms. The average Bonchev–Trinajstić information content (AvgIpc) is 3.54. The molecule has 1 amide bonds. The van der Waals surface area contributed by atoms with Crippen LogP contribution in [0.5, 0.6) is 11.5 Å². The zero-order chi connectivity index (χ0) is 23.5. The van der Waals surface area contributed by atoms with Gasteiger partial charge < -0.3 is 14.8 Å². The standard InChI is InChI=1S/C21H23F3N2O5S/c1-3-10-31-17-9-5-14(21(22,23)24)12-16(17)25-20(27)13-4-8-18(30-2)19(11-13)32(28,29)26-15-6-7-15/h4-5,8-9,11-12,15,26H,3,6-7,10H2,1-2H3,(H,25,27). The molecule has 32 heavy (non-hydrogen) atoms. The van der Waals surface area contributed by atoms with Crippen LogP contribution in [0.1, 0.15) is 42.1 Å². The van der Waals surface area contributed by atoms with Gasteiger partial charge in [0.2, 0.25) is 10.0 Å². The average molecular weight is 472 g/mol. The first-order valence-electron chi connectivity index (χ1n) is 9.91. The maximum Gasteiger partial charge on any atom is 0.416 e. The normalized spacial score (nSPS) is 14.2. The molecule has 1 saturated carbocycles. The molecule has 2 aromatic carbocycles. The highest BCUT2D eigenvalue weighted by Crippen LogP contribution is 2.36. The number of hydrogen-bond donors (Lipinski definition) is 2. The predicted molar refractivity (Wildman–Crippen MR) is 112 cm³/mol. The number of nitrogens with one attached hydrogen (secondary N) is 2. The fourth-order valence-electron chi connectivity index (χ4n) is 2.85. The lowest BCUT2D eigenvalue weighted by Gasteiger charge is -2.16. The van der Waals surface area contributed by atoms with Gasteiger partial charge in [0.15, 0.2) is 0 Å². The molecule has 7 nitrogen and oxygen atoms in total. The monoisotopic (exact) mass is 472 g/mol. The van der Waals surface area contributed by atoms with Gasteiger partial charge in [-0.2, -0.15) is 13.2 Å². The van der Waals surface area contributed by atoms with Crippen LogP contribution in [0.4, 0.5) is 18.9 Å². The van der Waals surface area contributed by atoms with Gasteiger partial charge in [-0.1, -0.05) is 6.92 Å². The van der Waals surface area contributed by atoms with Crippen molar-refractivity contribution in [3.05, 3.63) is 47.5 Å². The molecule has 0 saturated heterocycles. The molecule has 0 spiro atoms. The van der Waals surface area contributed by atoms with Crippen LogP contribution in [0.15, 0.2) is 41.3 Å². The molecule has 0 unspecified atom stereocenters. The van der Waals surface area contributed by atoms with Crippen molar-refractivity contribution in [1.29, 1.82) is 0 Å². The molecule has 174 valence electrons. The zero-order valence-corrected chi connectivity index (χ0v) is 18.3. The molecule has 1 aliphatic carbocycles. The van der Waals surface area contributed by atoms with E-state index in [4.69, 9.17) is 9.47 Å². The highest BCUT2D eigenvalue weighted by atomic mass is 32.2. The number of ether oxygens (including phenoxy) is 2. The molecule has 1 fully saturated rings. The molecular weight excluding hydrogens is 449 g/mol. The second kappa shape index (κ2) is 9.37. The van der Waals surface area contributed by atoms with E-state index in [0.717, 1.165) is 37.1 Å². The van der Waals surface area contributed by atoms with Gasteiger partial charge >= 0.3 is 6.18 Å². The molecule has 0 heterocycles. The van der Waals surface area contributed by atoms with Crippen molar-refractivity contribution >= 4 is 21.6 Å². The van der Waals surface area contributed by atoms with Gasteiger partial charge in [-0.05, 0) is 55.7 Å². The van der Waals surface area contributed by atoms with E-state index < -0.39 is 27.7 Å². The minimum absolute atomic E-state index is 0.0423. The first kappa shape index (κ1) is 23.9. The second-order valence-electron chi connectivity index (χ2n) is 7.27. The fraction of sp³-hybridized carbons (Fsp3) is 0.381. The second-order valence-corrected chi connectivity index (χ2v) is 8.95. The summed E-state index contributed by atoms with van der Waals surface area (Å²) in [6.45, 7) is 2.07. The van der Waals surface area contributed by atoms with Gasteiger partial charge in [0.25, 0.3) is 5.91 Å². The highest BCUT2D eigenvalue weighted by molar-refractivity contribution is 7.89. The number of methoxy groups -OCH3 is 1. The molecule has 11 heteroatoms. The summed E-state index contributed by atoms with van der Waals surface area (Å²) in [6, 6.07) is 6.38. The Balaban J connectivity index is 1.93. The van der Waals surface area contributed by atoms with E-state index in [2.05, 4.69) is 10.0 Å². The number of alkyl halides is 3. The zero-order valence-electron chi connectivity index (χ0n) is 17.5. The van der Waals surface area contributed by atoms with Crippen LogP contribution < -0.4 is 19.5 Å². The minimum Gasteiger partial charge on any atom is -0.495 e. The van der Waals surface area contributed by atoms with Crippen molar-refractivity contribution in [2.45, 2.75) is 43.3 Å². The summed E-state index contributed by atoms with van der Waals surface area (Å²) in [7, 11) is -2.65. The van der Waals surface area contributed by atoms with Crippen LogP contribution in [0.25, 0.3) is 0 Å². The van der Waals surface area contributed by atoms with E-state index in [1.807, 2.05) is 6.92 Å². The number of rotatable bonds is 9. The van der Waals surface area contributed by atoms with Crippen molar-refractivity contribution < 1.29 is 35.9 Å². The van der Waals surface area contributed by atoms with Gasteiger partial charge in [-0.25, -0.2) is 13.1 Å². The van der Waals surface area contributed by atoms with Crippen molar-refractivity contribution in [1.82, 2.24) is 4.72 Å². The van der Waals surface area contributed by atoms with Gasteiger partial charge in [0, 0.05) is 11.6 Å². The van der Waals surface area contributed by atoms with E-state index in [1.54, 1.807) is 0 Å². The highest BCUT2D eigenvalue weighted by Gasteiger charge is 2.32. The van der Waals surface area contributed by atoms with Crippen LogP contribution in [-0.4, -0.2) is 34.1 Å². The van der Waals surface area contributed by atoms with E-state index in [1.165, 1.54) is 19.2 Å². The van der Waals surface area contributed by atoms with Crippen molar-refractivity contribution in [3.63, 3.8) is 0 Å². The first-order valence-corrected chi connectivity index (χ1v) is 11.4. The third kappa shape index (κ3) is 5.71. The smallest absolute Gasteiger partial charge is 0.416 e. The Morgan fingerprint density at radius 3 is 2.41 bits per heavy atom. The maximum absolute atomic E-state index is 13.1. The number of amides is 1. The number of carbonyl (C=O) groups excluding carboxylic acids is 1. The van der Waals surface area contributed by atoms with Crippen molar-refractivity contribution in [2.75, 3.05) is 19.0 Å². The summed E-state index contributed by atoms with van der Waals surface area (Å²) >= 11 is 0. The molecule has 0 atom stereocenters.